The van der Waals surface area contributed by atoms with Crippen molar-refractivity contribution in [3.05, 3.63) is 35.4 Å². The lowest BCUT2D eigenvalue weighted by molar-refractivity contribution is -0.123. The van der Waals surface area contributed by atoms with Crippen LogP contribution in [0, 0.1) is 11.3 Å². The summed E-state index contributed by atoms with van der Waals surface area (Å²) >= 11 is 0. The molecule has 0 bridgehead atoms. The highest BCUT2D eigenvalue weighted by molar-refractivity contribution is 5.82. The van der Waals surface area contributed by atoms with Gasteiger partial charge in [-0.2, -0.15) is 0 Å². The summed E-state index contributed by atoms with van der Waals surface area (Å²) in [5.74, 6) is 0.462. The van der Waals surface area contributed by atoms with Crippen molar-refractivity contribution < 1.29 is 9.53 Å². The Labute approximate surface area is 139 Å². The molecule has 1 atom stereocenters. The average Bonchev–Trinajstić information content (AvgIpc) is 3.27. The van der Waals surface area contributed by atoms with E-state index in [0.29, 0.717) is 18.6 Å². The minimum atomic E-state index is 0.230. The van der Waals surface area contributed by atoms with Crippen molar-refractivity contribution in [1.82, 2.24) is 10.6 Å². The van der Waals surface area contributed by atoms with Crippen LogP contribution in [0.15, 0.2) is 24.3 Å². The molecule has 1 spiro atoms. The molecule has 1 aliphatic carbocycles. The molecule has 1 aliphatic heterocycles. The van der Waals surface area contributed by atoms with Crippen LogP contribution in [-0.2, 0) is 22.7 Å². The van der Waals surface area contributed by atoms with Gasteiger partial charge < -0.3 is 15.4 Å². The summed E-state index contributed by atoms with van der Waals surface area (Å²) < 4.78 is 5.65. The molecule has 0 aromatic heterocycles. The molecule has 2 N–H and O–H groups in total. The third-order valence-corrected chi connectivity index (χ3v) is 5.28. The van der Waals surface area contributed by atoms with Crippen LogP contribution in [0.5, 0.6) is 0 Å². The molecule has 1 unspecified atom stereocenters. The molecule has 2 fully saturated rings. The third-order valence-electron chi connectivity index (χ3n) is 5.28. The van der Waals surface area contributed by atoms with Crippen LogP contribution in [0.2, 0.25) is 0 Å². The predicted molar refractivity (Wildman–Crippen MR) is 90.9 cm³/mol. The molecule has 4 nitrogen and oxygen atoms in total. The molecule has 23 heavy (non-hydrogen) atoms. The van der Waals surface area contributed by atoms with Crippen LogP contribution in [-0.4, -0.2) is 25.6 Å². The zero-order chi connectivity index (χ0) is 16.1. The highest BCUT2D eigenvalue weighted by Crippen LogP contribution is 2.58. The zero-order valence-electron chi connectivity index (χ0n) is 14.1. The first kappa shape index (κ1) is 16.5. The Kier molecular flexibility index (Phi) is 5.34. The maximum atomic E-state index is 12.5. The van der Waals surface area contributed by atoms with Crippen LogP contribution < -0.4 is 10.6 Å². The summed E-state index contributed by atoms with van der Waals surface area (Å²) in [5.41, 5.74) is 2.64. The largest absolute Gasteiger partial charge is 0.377 e. The quantitative estimate of drug-likeness (QED) is 0.760. The van der Waals surface area contributed by atoms with E-state index in [-0.39, 0.29) is 11.8 Å². The van der Waals surface area contributed by atoms with Gasteiger partial charge in [0.05, 0.1) is 6.61 Å². The summed E-state index contributed by atoms with van der Waals surface area (Å²) in [5, 5.41) is 6.53. The van der Waals surface area contributed by atoms with E-state index in [2.05, 4.69) is 29.7 Å². The SMILES string of the molecule is CCCOCc1ccccc1CNC(=O)C1CC12CCNCC2. The molecule has 1 heterocycles. The lowest BCUT2D eigenvalue weighted by Crippen LogP contribution is -2.33. The minimum Gasteiger partial charge on any atom is -0.377 e. The second-order valence-electron chi connectivity index (χ2n) is 6.91. The first-order chi connectivity index (χ1) is 11.2. The van der Waals surface area contributed by atoms with Gasteiger partial charge in [-0.25, -0.2) is 0 Å². The Morgan fingerprint density at radius 3 is 2.78 bits per heavy atom. The average molecular weight is 316 g/mol. The zero-order valence-corrected chi connectivity index (χ0v) is 14.1. The third kappa shape index (κ3) is 3.93. The van der Waals surface area contributed by atoms with E-state index in [4.69, 9.17) is 4.74 Å². The molecule has 2 aliphatic rings. The Morgan fingerprint density at radius 1 is 1.30 bits per heavy atom. The Bertz CT molecular complexity index is 538. The number of piperidine rings is 1. The molecule has 4 heteroatoms. The van der Waals surface area contributed by atoms with Crippen molar-refractivity contribution >= 4 is 5.91 Å². The molecule has 1 saturated heterocycles. The maximum absolute atomic E-state index is 12.5. The van der Waals surface area contributed by atoms with Crippen LogP contribution in [0.4, 0.5) is 0 Å². The van der Waals surface area contributed by atoms with E-state index in [9.17, 15) is 4.79 Å². The topological polar surface area (TPSA) is 50.4 Å². The Morgan fingerprint density at radius 2 is 2.04 bits per heavy atom. The van der Waals surface area contributed by atoms with Gasteiger partial charge in [0, 0.05) is 19.1 Å². The predicted octanol–water partition coefficient (Wildman–Crippen LogP) is 2.62. The monoisotopic (exact) mass is 316 g/mol. The van der Waals surface area contributed by atoms with E-state index in [1.807, 2.05) is 12.1 Å². The Balaban J connectivity index is 1.51. The highest BCUT2D eigenvalue weighted by atomic mass is 16.5. The molecule has 126 valence electrons. The fourth-order valence-electron chi connectivity index (χ4n) is 3.70. The first-order valence-corrected chi connectivity index (χ1v) is 8.88. The lowest BCUT2D eigenvalue weighted by atomic mass is 9.92. The minimum absolute atomic E-state index is 0.230. The molecule has 0 radical (unpaired) electrons. The van der Waals surface area contributed by atoms with Gasteiger partial charge in [0.15, 0.2) is 0 Å². The number of carbonyl (C=O) groups excluding carboxylic acids is 1. The number of amides is 1. The van der Waals surface area contributed by atoms with Gasteiger partial charge >= 0.3 is 0 Å². The van der Waals surface area contributed by atoms with Crippen LogP contribution >= 0.6 is 0 Å². The van der Waals surface area contributed by atoms with Crippen LogP contribution in [0.3, 0.4) is 0 Å². The van der Waals surface area contributed by atoms with Crippen molar-refractivity contribution in [3.63, 3.8) is 0 Å². The number of benzene rings is 1. The normalized spacial score (nSPS) is 22.0. The fraction of sp³-hybridized carbons (Fsp3) is 0.632. The summed E-state index contributed by atoms with van der Waals surface area (Å²) in [7, 11) is 0. The van der Waals surface area contributed by atoms with Gasteiger partial charge in [-0.3, -0.25) is 4.79 Å². The van der Waals surface area contributed by atoms with Gasteiger partial charge in [-0.15, -0.1) is 0 Å². The van der Waals surface area contributed by atoms with Crippen LogP contribution in [0.1, 0.15) is 43.7 Å². The van der Waals surface area contributed by atoms with Crippen molar-refractivity contribution in [2.24, 2.45) is 11.3 Å². The van der Waals surface area contributed by atoms with Crippen molar-refractivity contribution in [1.29, 1.82) is 0 Å². The Hall–Kier alpha value is -1.39. The van der Waals surface area contributed by atoms with E-state index in [1.165, 1.54) is 5.56 Å². The molecule has 1 saturated carbocycles. The van der Waals surface area contributed by atoms with Gasteiger partial charge in [-0.1, -0.05) is 31.2 Å². The molecule has 1 aromatic rings. The van der Waals surface area contributed by atoms with Gasteiger partial charge in [0.1, 0.15) is 0 Å². The fourth-order valence-corrected chi connectivity index (χ4v) is 3.70. The standard InChI is InChI=1S/C19H28N2O2/c1-2-11-23-14-16-6-4-3-5-15(16)13-21-18(22)17-12-19(17)7-9-20-10-8-19/h3-6,17,20H,2,7-14H2,1H3,(H,21,22). The summed E-state index contributed by atoms with van der Waals surface area (Å²) in [4.78, 5) is 12.5. The van der Waals surface area contributed by atoms with E-state index >= 15 is 0 Å². The van der Waals surface area contributed by atoms with E-state index < -0.39 is 0 Å². The van der Waals surface area contributed by atoms with Gasteiger partial charge in [-0.05, 0) is 55.3 Å². The highest BCUT2D eigenvalue weighted by Gasteiger charge is 2.57. The van der Waals surface area contributed by atoms with Crippen molar-refractivity contribution in [3.8, 4) is 0 Å². The van der Waals surface area contributed by atoms with Gasteiger partial charge in [0.2, 0.25) is 5.91 Å². The number of rotatable bonds is 7. The van der Waals surface area contributed by atoms with Crippen molar-refractivity contribution in [2.75, 3.05) is 19.7 Å². The second kappa shape index (κ2) is 7.45. The molecular formula is C19H28N2O2. The van der Waals surface area contributed by atoms with E-state index in [1.54, 1.807) is 0 Å². The number of hydrogen-bond donors (Lipinski definition) is 2. The summed E-state index contributed by atoms with van der Waals surface area (Å²) in [6.07, 6.45) is 4.39. The number of carbonyl (C=O) groups is 1. The van der Waals surface area contributed by atoms with Crippen molar-refractivity contribution in [2.45, 2.75) is 45.8 Å². The second-order valence-corrected chi connectivity index (χ2v) is 6.91. The summed E-state index contributed by atoms with van der Waals surface area (Å²) in [6.45, 7) is 6.23. The summed E-state index contributed by atoms with van der Waals surface area (Å²) in [6, 6.07) is 8.22. The maximum Gasteiger partial charge on any atom is 0.223 e. The lowest BCUT2D eigenvalue weighted by Gasteiger charge is -2.23. The number of ether oxygens (including phenoxy) is 1. The number of nitrogens with one attached hydrogen (secondary N) is 2. The first-order valence-electron chi connectivity index (χ1n) is 8.88. The van der Waals surface area contributed by atoms with E-state index in [0.717, 1.165) is 50.9 Å². The molecule has 3 rings (SSSR count). The smallest absolute Gasteiger partial charge is 0.223 e. The molecular weight excluding hydrogens is 288 g/mol. The number of hydrogen-bond acceptors (Lipinski definition) is 3. The molecule has 1 aromatic carbocycles. The van der Waals surface area contributed by atoms with Crippen LogP contribution in [0.25, 0.3) is 0 Å². The van der Waals surface area contributed by atoms with Gasteiger partial charge in [0.25, 0.3) is 0 Å². The molecule has 1 amide bonds.